The van der Waals surface area contributed by atoms with E-state index in [1.165, 1.54) is 11.8 Å². The zero-order chi connectivity index (χ0) is 11.7. The van der Waals surface area contributed by atoms with Crippen LogP contribution in [-0.2, 0) is 0 Å². The third kappa shape index (κ3) is 1.91. The molecule has 6 heteroatoms. The Labute approximate surface area is 102 Å². The van der Waals surface area contributed by atoms with E-state index in [0.717, 1.165) is 22.8 Å². The van der Waals surface area contributed by atoms with E-state index in [2.05, 4.69) is 15.2 Å². The minimum absolute atomic E-state index is 0.239. The Morgan fingerprint density at radius 2 is 2.24 bits per heavy atom. The predicted octanol–water partition coefficient (Wildman–Crippen LogP) is 1.99. The zero-order valence-corrected chi connectivity index (χ0v) is 9.90. The summed E-state index contributed by atoms with van der Waals surface area (Å²) < 4.78 is 10.7. The smallest absolute Gasteiger partial charge is 0.230 e. The van der Waals surface area contributed by atoms with Crippen LogP contribution in [0.5, 0.6) is 11.5 Å². The van der Waals surface area contributed by atoms with Crippen molar-refractivity contribution in [1.29, 1.82) is 0 Å². The van der Waals surface area contributed by atoms with Gasteiger partial charge in [0, 0.05) is 11.6 Å². The van der Waals surface area contributed by atoms with Crippen LogP contribution in [0.2, 0.25) is 0 Å². The van der Waals surface area contributed by atoms with E-state index in [1.54, 1.807) is 6.20 Å². The Balaban J connectivity index is 2.09. The van der Waals surface area contributed by atoms with E-state index in [0.29, 0.717) is 5.16 Å². The first-order chi connectivity index (χ1) is 8.36. The summed E-state index contributed by atoms with van der Waals surface area (Å²) in [5, 5.41) is 8.48. The summed E-state index contributed by atoms with van der Waals surface area (Å²) in [6, 6.07) is 5.65. The molecule has 5 nitrogen and oxygen atoms in total. The maximum absolute atomic E-state index is 5.42. The van der Waals surface area contributed by atoms with Crippen LogP contribution in [0.4, 0.5) is 0 Å². The van der Waals surface area contributed by atoms with Gasteiger partial charge in [0.15, 0.2) is 0 Å². The van der Waals surface area contributed by atoms with Crippen LogP contribution >= 0.6 is 11.8 Å². The normalized spacial score (nSPS) is 12.8. The van der Waals surface area contributed by atoms with Crippen LogP contribution < -0.4 is 9.47 Å². The first-order valence-electron chi connectivity index (χ1n) is 5.00. The standard InChI is InChI=1S/C11H9N3O2S/c1-17-11-13-9(5-12-14-11)8-3-2-7-4-10(8)16-6-15-7/h2-5H,6H2,1H3. The highest BCUT2D eigenvalue weighted by atomic mass is 32.2. The van der Waals surface area contributed by atoms with Gasteiger partial charge in [0.2, 0.25) is 11.9 Å². The molecule has 2 heterocycles. The fourth-order valence-electron chi connectivity index (χ4n) is 1.59. The van der Waals surface area contributed by atoms with Gasteiger partial charge >= 0.3 is 0 Å². The molecular formula is C11H9N3O2S. The molecular weight excluding hydrogens is 238 g/mol. The summed E-state index contributed by atoms with van der Waals surface area (Å²) >= 11 is 1.46. The highest BCUT2D eigenvalue weighted by Gasteiger charge is 2.14. The molecule has 0 amide bonds. The first kappa shape index (κ1) is 10.3. The average molecular weight is 247 g/mol. The van der Waals surface area contributed by atoms with Crippen LogP contribution in [0.1, 0.15) is 0 Å². The number of thioether (sulfide) groups is 1. The van der Waals surface area contributed by atoms with Gasteiger partial charge < -0.3 is 9.47 Å². The SMILES string of the molecule is CSc1nncc(-c2ccc3cc2OCO3)n1. The molecule has 0 atom stereocenters. The molecule has 3 rings (SSSR count). The molecule has 1 aromatic carbocycles. The maximum Gasteiger partial charge on any atom is 0.230 e. The molecule has 2 bridgehead atoms. The Kier molecular flexibility index (Phi) is 2.56. The van der Waals surface area contributed by atoms with Gasteiger partial charge in [0.05, 0.1) is 11.9 Å². The molecule has 0 saturated heterocycles. The lowest BCUT2D eigenvalue weighted by Gasteiger charge is -2.18. The average Bonchev–Trinajstić information content (AvgIpc) is 2.39. The summed E-state index contributed by atoms with van der Waals surface area (Å²) in [6.45, 7) is 0.239. The third-order valence-electron chi connectivity index (χ3n) is 2.39. The molecule has 0 aliphatic carbocycles. The van der Waals surface area contributed by atoms with Crippen LogP contribution in [0.3, 0.4) is 0 Å². The fraction of sp³-hybridized carbons (Fsp3) is 0.182. The molecule has 0 saturated carbocycles. The van der Waals surface area contributed by atoms with E-state index in [4.69, 9.17) is 9.47 Å². The molecule has 0 N–H and O–H groups in total. The Hall–Kier alpha value is -1.82. The zero-order valence-electron chi connectivity index (χ0n) is 9.08. The molecule has 86 valence electrons. The second-order valence-electron chi connectivity index (χ2n) is 3.39. The van der Waals surface area contributed by atoms with Crippen molar-refractivity contribution in [1.82, 2.24) is 15.2 Å². The van der Waals surface area contributed by atoms with Crippen molar-refractivity contribution in [3.8, 4) is 22.8 Å². The van der Waals surface area contributed by atoms with Gasteiger partial charge in [-0.25, -0.2) is 4.98 Å². The van der Waals surface area contributed by atoms with E-state index >= 15 is 0 Å². The topological polar surface area (TPSA) is 57.1 Å². The summed E-state index contributed by atoms with van der Waals surface area (Å²) in [5.74, 6) is 1.57. The molecule has 17 heavy (non-hydrogen) atoms. The molecule has 2 aromatic rings. The minimum atomic E-state index is 0.239. The molecule has 0 spiro atoms. The molecule has 0 radical (unpaired) electrons. The molecule has 0 unspecified atom stereocenters. The van der Waals surface area contributed by atoms with Gasteiger partial charge in [-0.2, -0.15) is 5.10 Å². The lowest BCUT2D eigenvalue weighted by atomic mass is 10.1. The summed E-state index contributed by atoms with van der Waals surface area (Å²) in [6.07, 6.45) is 3.54. The molecule has 0 fully saturated rings. The summed E-state index contributed by atoms with van der Waals surface area (Å²) in [4.78, 5) is 4.39. The number of hydrogen-bond acceptors (Lipinski definition) is 6. The van der Waals surface area contributed by atoms with Crippen molar-refractivity contribution in [2.24, 2.45) is 0 Å². The second-order valence-corrected chi connectivity index (χ2v) is 4.17. The van der Waals surface area contributed by atoms with Crippen molar-refractivity contribution in [3.05, 3.63) is 24.4 Å². The Morgan fingerprint density at radius 3 is 3.12 bits per heavy atom. The van der Waals surface area contributed by atoms with Gasteiger partial charge in [0.1, 0.15) is 11.5 Å². The first-order valence-corrected chi connectivity index (χ1v) is 6.23. The van der Waals surface area contributed by atoms with Crippen molar-refractivity contribution in [3.63, 3.8) is 0 Å². The van der Waals surface area contributed by atoms with Crippen molar-refractivity contribution < 1.29 is 9.47 Å². The molecule has 1 aliphatic heterocycles. The monoisotopic (exact) mass is 247 g/mol. The number of nitrogens with zero attached hydrogens (tertiary/aromatic N) is 3. The van der Waals surface area contributed by atoms with Gasteiger partial charge in [-0.05, 0) is 18.4 Å². The highest BCUT2D eigenvalue weighted by molar-refractivity contribution is 7.98. The number of fused-ring (bicyclic) bond motifs is 2. The second kappa shape index (κ2) is 4.21. The number of benzene rings is 1. The highest BCUT2D eigenvalue weighted by Crippen LogP contribution is 2.34. The van der Waals surface area contributed by atoms with Crippen molar-refractivity contribution in [2.75, 3.05) is 13.0 Å². The number of ether oxygens (including phenoxy) is 2. The molecule has 1 aromatic heterocycles. The van der Waals surface area contributed by atoms with Gasteiger partial charge in [-0.3, -0.25) is 0 Å². The summed E-state index contributed by atoms with van der Waals surface area (Å²) in [7, 11) is 0. The minimum Gasteiger partial charge on any atom is -0.457 e. The van der Waals surface area contributed by atoms with Crippen LogP contribution in [0, 0.1) is 0 Å². The molecule has 1 aliphatic rings. The van der Waals surface area contributed by atoms with Gasteiger partial charge in [-0.1, -0.05) is 11.8 Å². The van der Waals surface area contributed by atoms with E-state index in [9.17, 15) is 0 Å². The van der Waals surface area contributed by atoms with Crippen molar-refractivity contribution >= 4 is 11.8 Å². The van der Waals surface area contributed by atoms with Gasteiger partial charge in [0.25, 0.3) is 0 Å². The van der Waals surface area contributed by atoms with Crippen LogP contribution in [-0.4, -0.2) is 28.2 Å². The quantitative estimate of drug-likeness (QED) is 0.756. The van der Waals surface area contributed by atoms with E-state index in [-0.39, 0.29) is 6.79 Å². The lowest BCUT2D eigenvalue weighted by Crippen LogP contribution is -2.11. The predicted molar refractivity (Wildman–Crippen MR) is 63.2 cm³/mol. The van der Waals surface area contributed by atoms with Crippen molar-refractivity contribution in [2.45, 2.75) is 5.16 Å². The van der Waals surface area contributed by atoms with E-state index < -0.39 is 0 Å². The third-order valence-corrected chi connectivity index (χ3v) is 2.93. The van der Waals surface area contributed by atoms with Crippen LogP contribution in [0.25, 0.3) is 11.3 Å². The van der Waals surface area contributed by atoms with Crippen LogP contribution in [0.15, 0.2) is 29.6 Å². The fourth-order valence-corrected chi connectivity index (χ4v) is 1.91. The lowest BCUT2D eigenvalue weighted by molar-refractivity contribution is 0.106. The van der Waals surface area contributed by atoms with Gasteiger partial charge in [-0.15, -0.1) is 5.10 Å². The number of hydrogen-bond donors (Lipinski definition) is 0. The number of rotatable bonds is 2. The summed E-state index contributed by atoms with van der Waals surface area (Å²) in [5.41, 5.74) is 1.66. The Morgan fingerprint density at radius 1 is 1.29 bits per heavy atom. The van der Waals surface area contributed by atoms with E-state index in [1.807, 2.05) is 24.5 Å². The number of aromatic nitrogens is 3. The Bertz CT molecular complexity index is 562. The largest absolute Gasteiger partial charge is 0.457 e. The maximum atomic E-state index is 5.42.